The molecule has 130 valence electrons. The summed E-state index contributed by atoms with van der Waals surface area (Å²) in [6.07, 6.45) is -0.922. The van der Waals surface area contributed by atoms with Crippen molar-refractivity contribution in [3.05, 3.63) is 38.9 Å². The van der Waals surface area contributed by atoms with Crippen LogP contribution in [0.5, 0.6) is 0 Å². The summed E-state index contributed by atoms with van der Waals surface area (Å²) >= 11 is 5.90. The molecule has 0 bridgehead atoms. The number of nitrogens with one attached hydrogen (secondary N) is 2. The minimum absolute atomic E-state index is 0.270. The highest BCUT2D eigenvalue weighted by atomic mass is 35.5. The van der Waals surface area contributed by atoms with E-state index >= 15 is 0 Å². The lowest BCUT2D eigenvalue weighted by Gasteiger charge is -2.30. The molecule has 0 spiro atoms. The predicted octanol–water partition coefficient (Wildman–Crippen LogP) is 2.68. The Labute approximate surface area is 143 Å². The molecule has 8 nitrogen and oxygen atoms in total. The molecule has 24 heavy (non-hydrogen) atoms. The van der Waals surface area contributed by atoms with E-state index in [-0.39, 0.29) is 5.56 Å². The number of benzene rings is 1. The number of carbonyl (C=O) groups is 2. The molecule has 0 aromatic heterocycles. The molecule has 2 N–H and O–H groups in total. The van der Waals surface area contributed by atoms with Gasteiger partial charge in [0, 0.05) is 28.1 Å². The number of nitro groups is 1. The molecule has 1 aliphatic heterocycles. The van der Waals surface area contributed by atoms with E-state index in [1.54, 1.807) is 20.8 Å². The monoisotopic (exact) mass is 355 g/mol. The average Bonchev–Trinajstić information content (AvgIpc) is 2.68. The van der Waals surface area contributed by atoms with Crippen molar-refractivity contribution < 1.29 is 19.2 Å². The van der Waals surface area contributed by atoms with Crippen molar-refractivity contribution in [2.75, 3.05) is 5.32 Å². The predicted molar refractivity (Wildman–Crippen MR) is 87.6 cm³/mol. The van der Waals surface area contributed by atoms with Gasteiger partial charge in [-0.25, -0.2) is 4.79 Å². The Balaban J connectivity index is 2.52. The Morgan fingerprint density at radius 1 is 1.46 bits per heavy atom. The van der Waals surface area contributed by atoms with Crippen LogP contribution in [0.3, 0.4) is 0 Å². The molecule has 0 radical (unpaired) electrons. The second-order valence-electron chi connectivity index (χ2n) is 6.54. The van der Waals surface area contributed by atoms with Gasteiger partial charge in [-0.2, -0.15) is 0 Å². The van der Waals surface area contributed by atoms with Gasteiger partial charge in [0.25, 0.3) is 5.91 Å². The third-order valence-corrected chi connectivity index (χ3v) is 3.89. The molecular formula is C15H18ClN3O5. The van der Waals surface area contributed by atoms with Crippen LogP contribution in [0, 0.1) is 10.1 Å². The standard InChI is InChI=1S/C15H18ClN3O5/c1-8(19(22)23)15(18-13(21)24-14(2,3)4)10-6-5-9(16)7-11(10)17-12(15)20/h5-8H,1-4H3,(H,17,20)(H,18,21)/t8?,15-/m1/s1. The third kappa shape index (κ3) is 3.14. The van der Waals surface area contributed by atoms with Crippen molar-refractivity contribution in [1.29, 1.82) is 0 Å². The number of amides is 2. The van der Waals surface area contributed by atoms with E-state index in [0.29, 0.717) is 10.7 Å². The Bertz CT molecular complexity index is 716. The molecule has 1 aliphatic rings. The fraction of sp³-hybridized carbons (Fsp3) is 0.467. The number of nitrogens with zero attached hydrogens (tertiary/aromatic N) is 1. The van der Waals surface area contributed by atoms with Crippen LogP contribution < -0.4 is 10.6 Å². The van der Waals surface area contributed by atoms with Gasteiger partial charge in [0.05, 0.1) is 0 Å². The van der Waals surface area contributed by atoms with E-state index in [1.807, 2.05) is 0 Å². The van der Waals surface area contributed by atoms with Crippen LogP contribution in [0.2, 0.25) is 5.02 Å². The van der Waals surface area contributed by atoms with Gasteiger partial charge in [0.2, 0.25) is 11.6 Å². The summed E-state index contributed by atoms with van der Waals surface area (Å²) in [7, 11) is 0. The summed E-state index contributed by atoms with van der Waals surface area (Å²) in [6.45, 7) is 6.20. The maximum absolute atomic E-state index is 12.6. The van der Waals surface area contributed by atoms with E-state index in [4.69, 9.17) is 16.3 Å². The Kier molecular flexibility index (Phi) is 4.45. The molecule has 1 heterocycles. The van der Waals surface area contributed by atoms with Gasteiger partial charge in [0.15, 0.2) is 0 Å². The first-order valence-corrected chi connectivity index (χ1v) is 7.61. The molecule has 1 aromatic carbocycles. The van der Waals surface area contributed by atoms with Crippen LogP contribution in [0.4, 0.5) is 10.5 Å². The number of hydrogen-bond donors (Lipinski definition) is 2. The zero-order valence-corrected chi connectivity index (χ0v) is 14.4. The highest BCUT2D eigenvalue weighted by Crippen LogP contribution is 2.40. The first-order valence-electron chi connectivity index (χ1n) is 7.23. The second-order valence-corrected chi connectivity index (χ2v) is 6.98. The molecule has 0 aliphatic carbocycles. The number of anilines is 1. The van der Waals surface area contributed by atoms with Gasteiger partial charge in [-0.15, -0.1) is 0 Å². The molecule has 0 saturated carbocycles. The van der Waals surface area contributed by atoms with Gasteiger partial charge in [-0.05, 0) is 32.9 Å². The Hall–Kier alpha value is -2.35. The van der Waals surface area contributed by atoms with Gasteiger partial charge < -0.3 is 10.1 Å². The lowest BCUT2D eigenvalue weighted by atomic mass is 9.85. The molecule has 0 fully saturated rings. The molecule has 0 saturated heterocycles. The Morgan fingerprint density at radius 2 is 2.08 bits per heavy atom. The fourth-order valence-corrected chi connectivity index (χ4v) is 2.75. The van der Waals surface area contributed by atoms with E-state index in [2.05, 4.69) is 10.6 Å². The maximum Gasteiger partial charge on any atom is 0.408 e. The zero-order valence-electron chi connectivity index (χ0n) is 13.7. The van der Waals surface area contributed by atoms with E-state index in [1.165, 1.54) is 25.1 Å². The molecule has 1 aromatic rings. The molecule has 2 rings (SSSR count). The van der Waals surface area contributed by atoms with Crippen molar-refractivity contribution in [3.8, 4) is 0 Å². The first-order chi connectivity index (χ1) is 11.0. The van der Waals surface area contributed by atoms with Crippen LogP contribution in [-0.2, 0) is 15.1 Å². The zero-order chi connectivity index (χ0) is 18.3. The average molecular weight is 356 g/mol. The number of hydrogen-bond acceptors (Lipinski definition) is 5. The van der Waals surface area contributed by atoms with Gasteiger partial charge in [-0.3, -0.25) is 20.2 Å². The van der Waals surface area contributed by atoms with Crippen molar-refractivity contribution in [2.24, 2.45) is 0 Å². The third-order valence-electron chi connectivity index (χ3n) is 3.65. The number of rotatable bonds is 3. The van der Waals surface area contributed by atoms with Crippen LogP contribution in [0.1, 0.15) is 33.3 Å². The van der Waals surface area contributed by atoms with Gasteiger partial charge in [-0.1, -0.05) is 17.7 Å². The van der Waals surface area contributed by atoms with Crippen LogP contribution >= 0.6 is 11.6 Å². The van der Waals surface area contributed by atoms with Gasteiger partial charge >= 0.3 is 6.09 Å². The minimum atomic E-state index is -1.88. The summed E-state index contributed by atoms with van der Waals surface area (Å²) < 4.78 is 5.16. The van der Waals surface area contributed by atoms with Crippen molar-refractivity contribution in [1.82, 2.24) is 5.32 Å². The lowest BCUT2D eigenvalue weighted by Crippen LogP contribution is -2.60. The van der Waals surface area contributed by atoms with Crippen LogP contribution in [-0.4, -0.2) is 28.6 Å². The molecule has 1 unspecified atom stereocenters. The summed E-state index contributed by atoms with van der Waals surface area (Å²) in [6, 6.07) is 3.03. The van der Waals surface area contributed by atoms with Crippen LogP contribution in [0.15, 0.2) is 18.2 Å². The van der Waals surface area contributed by atoms with Crippen molar-refractivity contribution >= 4 is 29.3 Å². The quantitative estimate of drug-likeness (QED) is 0.639. The Morgan fingerprint density at radius 3 is 2.62 bits per heavy atom. The van der Waals surface area contributed by atoms with Crippen molar-refractivity contribution in [3.63, 3.8) is 0 Å². The molecule has 9 heteroatoms. The van der Waals surface area contributed by atoms with Gasteiger partial charge in [0.1, 0.15) is 5.60 Å². The first kappa shape index (κ1) is 18.0. The fourth-order valence-electron chi connectivity index (χ4n) is 2.57. The van der Waals surface area contributed by atoms with E-state index in [0.717, 1.165) is 0 Å². The SMILES string of the molecule is CC([N+](=O)[O-])[C@]1(NC(=O)OC(C)(C)C)C(=O)Nc2cc(Cl)ccc21. The van der Waals surface area contributed by atoms with E-state index in [9.17, 15) is 19.7 Å². The van der Waals surface area contributed by atoms with E-state index < -0.39 is 34.1 Å². The summed E-state index contributed by atoms with van der Waals surface area (Å²) in [5.41, 5.74) is -2.11. The van der Waals surface area contributed by atoms with Crippen LogP contribution in [0.25, 0.3) is 0 Å². The highest BCUT2D eigenvalue weighted by Gasteiger charge is 2.58. The number of halogens is 1. The molecule has 2 atom stereocenters. The highest BCUT2D eigenvalue weighted by molar-refractivity contribution is 6.31. The molecular weight excluding hydrogens is 338 g/mol. The normalized spacial score (nSPS) is 20.8. The van der Waals surface area contributed by atoms with Crippen molar-refractivity contribution in [2.45, 2.75) is 44.9 Å². The largest absolute Gasteiger partial charge is 0.444 e. The summed E-state index contributed by atoms with van der Waals surface area (Å²) in [5.74, 6) is -0.713. The number of carbonyl (C=O) groups excluding carboxylic acids is 2. The minimum Gasteiger partial charge on any atom is -0.444 e. The summed E-state index contributed by atoms with van der Waals surface area (Å²) in [4.78, 5) is 35.6. The molecule has 2 amide bonds. The second kappa shape index (κ2) is 5.94. The number of alkyl carbamates (subject to hydrolysis) is 1. The smallest absolute Gasteiger partial charge is 0.408 e. The lowest BCUT2D eigenvalue weighted by molar-refractivity contribution is -0.528. The number of fused-ring (bicyclic) bond motifs is 1. The number of ether oxygens (including phenoxy) is 1. The maximum atomic E-state index is 12.6. The summed E-state index contributed by atoms with van der Waals surface area (Å²) in [5, 5.41) is 16.7. The topological polar surface area (TPSA) is 111 Å².